The fourth-order valence-electron chi connectivity index (χ4n) is 4.42. The number of hydrogen-bond acceptors (Lipinski definition) is 7. The van der Waals surface area contributed by atoms with Gasteiger partial charge in [-0.15, -0.1) is 0 Å². The number of ether oxygens (including phenoxy) is 1. The minimum atomic E-state index is -0.968. The molecule has 1 aliphatic rings. The van der Waals surface area contributed by atoms with E-state index >= 15 is 0 Å². The average molecular weight is 488 g/mol. The van der Waals surface area contributed by atoms with Crippen LogP contribution in [0.15, 0.2) is 36.7 Å². The fourth-order valence-corrected chi connectivity index (χ4v) is 4.60. The number of aromatic nitrogens is 2. The van der Waals surface area contributed by atoms with Crippen molar-refractivity contribution >= 4 is 40.0 Å². The molecule has 0 unspecified atom stereocenters. The number of carbonyl (C=O) groups is 1. The van der Waals surface area contributed by atoms with Gasteiger partial charge in [0.15, 0.2) is 5.82 Å². The van der Waals surface area contributed by atoms with Crippen LogP contribution in [-0.2, 0) is 11.3 Å². The quantitative estimate of drug-likeness (QED) is 0.513. The van der Waals surface area contributed by atoms with Crippen molar-refractivity contribution in [2.75, 3.05) is 39.6 Å². The maximum Gasteiger partial charge on any atom is 0.324 e. The average Bonchev–Trinajstić information content (AvgIpc) is 2.82. The second-order valence-corrected chi connectivity index (χ2v) is 9.03. The first-order valence-electron chi connectivity index (χ1n) is 10.9. The molecule has 0 spiro atoms. The van der Waals surface area contributed by atoms with E-state index in [9.17, 15) is 14.3 Å². The molecule has 180 valence electrons. The van der Waals surface area contributed by atoms with Gasteiger partial charge in [-0.05, 0) is 45.1 Å². The van der Waals surface area contributed by atoms with Gasteiger partial charge in [-0.2, -0.15) is 0 Å². The molecule has 0 saturated carbocycles. The molecule has 1 saturated heterocycles. The molecule has 0 atom stereocenters. The molecule has 10 heteroatoms. The Kier molecular flexibility index (Phi) is 6.88. The van der Waals surface area contributed by atoms with Crippen molar-refractivity contribution in [3.05, 3.63) is 53.1 Å². The predicted molar refractivity (Wildman–Crippen MR) is 129 cm³/mol. The van der Waals surface area contributed by atoms with Gasteiger partial charge in [0.1, 0.15) is 23.4 Å². The third kappa shape index (κ3) is 4.51. The van der Waals surface area contributed by atoms with Gasteiger partial charge in [0.2, 0.25) is 0 Å². The lowest BCUT2D eigenvalue weighted by Gasteiger charge is -2.43. The van der Waals surface area contributed by atoms with Crippen molar-refractivity contribution in [2.45, 2.75) is 24.9 Å². The molecule has 2 N–H and O–H groups in total. The second-order valence-electron chi connectivity index (χ2n) is 8.63. The lowest BCUT2D eigenvalue weighted by molar-refractivity contribution is -0.154. The van der Waals surface area contributed by atoms with Gasteiger partial charge in [0, 0.05) is 36.7 Å². The highest BCUT2D eigenvalue weighted by molar-refractivity contribution is 6.31. The highest BCUT2D eigenvalue weighted by atomic mass is 35.5. The van der Waals surface area contributed by atoms with Crippen molar-refractivity contribution in [1.29, 1.82) is 0 Å². The van der Waals surface area contributed by atoms with Gasteiger partial charge in [-0.3, -0.25) is 9.69 Å². The SMILES string of the molecule is COc1cc2ncnc(Nc3cccc(Cl)c3F)c2cc1CN(C)C1(C(=O)O)CCN(C)CC1. The van der Waals surface area contributed by atoms with Crippen LogP contribution in [0.4, 0.5) is 15.9 Å². The lowest BCUT2D eigenvalue weighted by atomic mass is 9.85. The number of carboxylic acid groups (broad SMARTS) is 1. The van der Waals surface area contributed by atoms with E-state index in [1.807, 2.05) is 25.1 Å². The normalized spacial score (nSPS) is 16.1. The first-order valence-corrected chi connectivity index (χ1v) is 11.3. The minimum absolute atomic E-state index is 0.00411. The standard InChI is InChI=1S/C24H27ClFN5O3/c1-30-9-7-24(8-10-30,23(32)33)31(2)13-15-11-16-19(12-20(15)34-3)27-14-28-22(16)29-18-6-4-5-17(25)21(18)26/h4-6,11-12,14H,7-10,13H2,1-3H3,(H,32,33)(H,27,28,29). The third-order valence-electron chi connectivity index (χ3n) is 6.59. The van der Waals surface area contributed by atoms with Crippen LogP contribution in [0.5, 0.6) is 5.75 Å². The molecule has 1 aliphatic heterocycles. The van der Waals surface area contributed by atoms with Crippen molar-refractivity contribution in [3.63, 3.8) is 0 Å². The Balaban J connectivity index is 1.72. The number of piperidine rings is 1. The molecule has 0 bridgehead atoms. The lowest BCUT2D eigenvalue weighted by Crippen LogP contribution is -2.58. The zero-order chi connectivity index (χ0) is 24.5. The molecule has 3 aromatic rings. The molecular formula is C24H27ClFN5O3. The summed E-state index contributed by atoms with van der Waals surface area (Å²) in [6.07, 6.45) is 2.43. The predicted octanol–water partition coefficient (Wildman–Crippen LogP) is 4.16. The maximum absolute atomic E-state index is 14.5. The van der Waals surface area contributed by atoms with Crippen LogP contribution in [0, 0.1) is 5.82 Å². The Labute approximate surface area is 202 Å². The van der Waals surface area contributed by atoms with Crippen LogP contribution in [-0.4, -0.2) is 70.7 Å². The molecular weight excluding hydrogens is 461 g/mol. The summed E-state index contributed by atoms with van der Waals surface area (Å²) < 4.78 is 20.1. The molecule has 2 aromatic carbocycles. The van der Waals surface area contributed by atoms with E-state index in [0.29, 0.717) is 54.9 Å². The van der Waals surface area contributed by atoms with Crippen molar-refractivity contribution in [1.82, 2.24) is 19.8 Å². The van der Waals surface area contributed by atoms with Crippen molar-refractivity contribution < 1.29 is 19.0 Å². The number of aliphatic carboxylic acids is 1. The van der Waals surface area contributed by atoms with E-state index in [4.69, 9.17) is 16.3 Å². The Morgan fingerprint density at radius 2 is 2.06 bits per heavy atom. The summed E-state index contributed by atoms with van der Waals surface area (Å²) in [5.74, 6) is -0.406. The van der Waals surface area contributed by atoms with Crippen LogP contribution in [0.1, 0.15) is 18.4 Å². The largest absolute Gasteiger partial charge is 0.496 e. The number of nitrogens with zero attached hydrogens (tertiary/aromatic N) is 4. The van der Waals surface area contributed by atoms with Gasteiger partial charge in [-0.25, -0.2) is 14.4 Å². The highest BCUT2D eigenvalue weighted by Gasteiger charge is 2.44. The Morgan fingerprint density at radius 1 is 1.32 bits per heavy atom. The van der Waals surface area contributed by atoms with Crippen molar-refractivity contribution in [2.24, 2.45) is 0 Å². The first kappa shape index (κ1) is 24.1. The number of anilines is 2. The Morgan fingerprint density at radius 3 is 2.74 bits per heavy atom. The number of fused-ring (bicyclic) bond motifs is 1. The Hall–Kier alpha value is -3.01. The summed E-state index contributed by atoms with van der Waals surface area (Å²) in [6, 6.07) is 8.33. The molecule has 0 radical (unpaired) electrons. The van der Waals surface area contributed by atoms with E-state index in [2.05, 4.69) is 20.2 Å². The van der Waals surface area contributed by atoms with Crippen LogP contribution in [0.3, 0.4) is 0 Å². The van der Waals surface area contributed by atoms with Crippen LogP contribution in [0.25, 0.3) is 10.9 Å². The number of methoxy groups -OCH3 is 1. The van der Waals surface area contributed by atoms with Gasteiger partial charge >= 0.3 is 5.97 Å². The molecule has 34 heavy (non-hydrogen) atoms. The van der Waals surface area contributed by atoms with Crippen LogP contribution in [0.2, 0.25) is 5.02 Å². The summed E-state index contributed by atoms with van der Waals surface area (Å²) in [7, 11) is 5.38. The molecule has 0 amide bonds. The smallest absolute Gasteiger partial charge is 0.324 e. The number of benzene rings is 2. The molecule has 4 rings (SSSR count). The van der Waals surface area contributed by atoms with Gasteiger partial charge in [0.25, 0.3) is 0 Å². The number of halogens is 2. The monoisotopic (exact) mass is 487 g/mol. The van der Waals surface area contributed by atoms with Gasteiger partial charge in [0.05, 0.1) is 23.3 Å². The molecule has 0 aliphatic carbocycles. The zero-order valence-electron chi connectivity index (χ0n) is 19.3. The number of nitrogens with one attached hydrogen (secondary N) is 1. The molecule has 1 aromatic heterocycles. The third-order valence-corrected chi connectivity index (χ3v) is 6.88. The molecule has 2 heterocycles. The maximum atomic E-state index is 14.5. The molecule has 8 nitrogen and oxygen atoms in total. The van der Waals surface area contributed by atoms with Crippen LogP contribution < -0.4 is 10.1 Å². The van der Waals surface area contributed by atoms with Gasteiger partial charge < -0.3 is 20.1 Å². The van der Waals surface area contributed by atoms with E-state index in [1.165, 1.54) is 12.4 Å². The van der Waals surface area contributed by atoms with E-state index < -0.39 is 17.3 Å². The highest BCUT2D eigenvalue weighted by Crippen LogP contribution is 2.35. The van der Waals surface area contributed by atoms with E-state index in [-0.39, 0.29) is 10.7 Å². The number of likely N-dealkylation sites (tertiary alicyclic amines) is 1. The molecule has 1 fully saturated rings. The summed E-state index contributed by atoms with van der Waals surface area (Å²) >= 11 is 5.92. The van der Waals surface area contributed by atoms with E-state index in [0.717, 1.165) is 5.56 Å². The first-order chi connectivity index (χ1) is 16.2. The summed E-state index contributed by atoms with van der Waals surface area (Å²) in [5.41, 5.74) is 0.611. The van der Waals surface area contributed by atoms with Crippen LogP contribution >= 0.6 is 11.6 Å². The second kappa shape index (κ2) is 9.69. The van der Waals surface area contributed by atoms with E-state index in [1.54, 1.807) is 25.3 Å². The minimum Gasteiger partial charge on any atom is -0.496 e. The number of carboxylic acids is 1. The Bertz CT molecular complexity index is 1220. The zero-order valence-corrected chi connectivity index (χ0v) is 20.1. The topological polar surface area (TPSA) is 90.8 Å². The van der Waals surface area contributed by atoms with Gasteiger partial charge in [-0.1, -0.05) is 17.7 Å². The summed E-state index contributed by atoms with van der Waals surface area (Å²) in [6.45, 7) is 1.76. The number of hydrogen-bond donors (Lipinski definition) is 2. The fraction of sp³-hybridized carbons (Fsp3) is 0.375. The number of rotatable bonds is 7. The summed E-state index contributed by atoms with van der Waals surface area (Å²) in [4.78, 5) is 25.0. The van der Waals surface area contributed by atoms with Crippen molar-refractivity contribution in [3.8, 4) is 5.75 Å². The summed E-state index contributed by atoms with van der Waals surface area (Å²) in [5, 5.41) is 13.8. The number of likely N-dealkylation sites (N-methyl/N-ethyl adjacent to an activating group) is 1.